The first-order valence-electron chi connectivity index (χ1n) is 7.67. The molecule has 1 aromatic carbocycles. The summed E-state index contributed by atoms with van der Waals surface area (Å²) >= 11 is 0. The Balaban J connectivity index is 0.00000484. The van der Waals surface area contributed by atoms with E-state index in [9.17, 15) is 9.59 Å². The van der Waals surface area contributed by atoms with Gasteiger partial charge in [0, 0.05) is 6.54 Å². The third kappa shape index (κ3) is 7.48. The summed E-state index contributed by atoms with van der Waals surface area (Å²) in [6.45, 7) is 8.38. The molecule has 1 atom stereocenters. The quantitative estimate of drug-likeness (QED) is 0.702. The van der Waals surface area contributed by atoms with Crippen LogP contribution in [0.3, 0.4) is 0 Å². The molecule has 2 amide bonds. The Labute approximate surface area is 144 Å². The van der Waals surface area contributed by atoms with E-state index in [-0.39, 0.29) is 36.7 Å². The smallest absolute Gasteiger partial charge is 0.239 e. The Bertz CT molecular complexity index is 533. The monoisotopic (exact) mass is 341 g/mol. The summed E-state index contributed by atoms with van der Waals surface area (Å²) in [5, 5.41) is 5.36. The van der Waals surface area contributed by atoms with E-state index in [2.05, 4.69) is 42.7 Å². The van der Waals surface area contributed by atoms with Crippen molar-refractivity contribution in [3.8, 4) is 0 Å². The van der Waals surface area contributed by atoms with Crippen LogP contribution in [0.15, 0.2) is 18.2 Å². The molecule has 1 aromatic rings. The number of carbonyl (C=O) groups excluding carboxylic acids is 2. The van der Waals surface area contributed by atoms with Gasteiger partial charge in [-0.2, -0.15) is 0 Å². The molecule has 0 aliphatic heterocycles. The van der Waals surface area contributed by atoms with Crippen molar-refractivity contribution >= 4 is 24.2 Å². The second-order valence-electron chi connectivity index (χ2n) is 6.02. The van der Waals surface area contributed by atoms with Crippen molar-refractivity contribution in [3.63, 3.8) is 0 Å². The van der Waals surface area contributed by atoms with Crippen LogP contribution >= 0.6 is 12.4 Å². The van der Waals surface area contributed by atoms with Gasteiger partial charge in [0.05, 0.1) is 12.6 Å². The number of carbonyl (C=O) groups is 2. The lowest BCUT2D eigenvalue weighted by molar-refractivity contribution is -0.127. The van der Waals surface area contributed by atoms with Crippen molar-refractivity contribution in [2.45, 2.75) is 40.2 Å². The summed E-state index contributed by atoms with van der Waals surface area (Å²) in [7, 11) is 0. The molecule has 0 heterocycles. The van der Waals surface area contributed by atoms with Crippen molar-refractivity contribution < 1.29 is 9.59 Å². The number of benzene rings is 1. The van der Waals surface area contributed by atoms with Gasteiger partial charge in [0.15, 0.2) is 0 Å². The summed E-state index contributed by atoms with van der Waals surface area (Å²) in [6.07, 6.45) is 0.775. The molecule has 0 fully saturated rings. The average Bonchev–Trinajstić information content (AvgIpc) is 2.46. The van der Waals surface area contributed by atoms with Crippen LogP contribution in [-0.2, 0) is 16.0 Å². The normalized spacial score (nSPS) is 11.6. The fraction of sp³-hybridized carbons (Fsp3) is 0.529. The van der Waals surface area contributed by atoms with Gasteiger partial charge in [-0.25, -0.2) is 0 Å². The minimum Gasteiger partial charge on any atom is -0.354 e. The number of hydrogen-bond donors (Lipinski definition) is 3. The first-order valence-corrected chi connectivity index (χ1v) is 7.67. The van der Waals surface area contributed by atoms with Gasteiger partial charge < -0.3 is 16.4 Å². The highest BCUT2D eigenvalue weighted by molar-refractivity contribution is 5.87. The minimum absolute atomic E-state index is 0. The second kappa shape index (κ2) is 10.2. The van der Waals surface area contributed by atoms with Crippen LogP contribution < -0.4 is 16.4 Å². The fourth-order valence-corrected chi connectivity index (χ4v) is 2.11. The maximum absolute atomic E-state index is 11.7. The van der Waals surface area contributed by atoms with E-state index in [0.29, 0.717) is 6.54 Å². The molecule has 0 bridgehead atoms. The first-order chi connectivity index (χ1) is 10.3. The van der Waals surface area contributed by atoms with Crippen molar-refractivity contribution in [3.05, 3.63) is 34.9 Å². The SMILES string of the molecule is Cc1ccc(CCNC(=O)CNC(=O)[C@@H](N)C(C)C)c(C)c1.Cl. The minimum atomic E-state index is -0.581. The summed E-state index contributed by atoms with van der Waals surface area (Å²) in [6, 6.07) is 5.70. The van der Waals surface area contributed by atoms with Crippen LogP contribution in [0, 0.1) is 19.8 Å². The number of nitrogens with one attached hydrogen (secondary N) is 2. The zero-order valence-corrected chi connectivity index (χ0v) is 15.1. The number of nitrogens with two attached hydrogens (primary N) is 1. The Hall–Kier alpha value is -1.59. The summed E-state index contributed by atoms with van der Waals surface area (Å²) in [5.41, 5.74) is 9.38. The van der Waals surface area contributed by atoms with Crippen molar-refractivity contribution in [1.29, 1.82) is 0 Å². The molecule has 0 radical (unpaired) electrons. The Kier molecular flexibility index (Phi) is 9.53. The van der Waals surface area contributed by atoms with Gasteiger partial charge in [0.1, 0.15) is 0 Å². The van der Waals surface area contributed by atoms with Gasteiger partial charge in [-0.3, -0.25) is 9.59 Å². The second-order valence-corrected chi connectivity index (χ2v) is 6.02. The van der Waals surface area contributed by atoms with E-state index >= 15 is 0 Å². The van der Waals surface area contributed by atoms with E-state index in [1.54, 1.807) is 0 Å². The van der Waals surface area contributed by atoms with Crippen LogP contribution in [0.25, 0.3) is 0 Å². The van der Waals surface area contributed by atoms with Crippen molar-refractivity contribution in [2.24, 2.45) is 11.7 Å². The fourth-order valence-electron chi connectivity index (χ4n) is 2.11. The zero-order chi connectivity index (χ0) is 16.7. The lowest BCUT2D eigenvalue weighted by atomic mass is 10.0. The third-order valence-corrected chi connectivity index (χ3v) is 3.66. The molecule has 130 valence electrons. The molecule has 0 aromatic heterocycles. The average molecular weight is 342 g/mol. The van der Waals surface area contributed by atoms with E-state index in [1.807, 2.05) is 13.8 Å². The van der Waals surface area contributed by atoms with Crippen LogP contribution in [-0.4, -0.2) is 30.9 Å². The van der Waals surface area contributed by atoms with E-state index in [1.165, 1.54) is 16.7 Å². The molecular weight excluding hydrogens is 314 g/mol. The molecule has 5 nitrogen and oxygen atoms in total. The lowest BCUT2D eigenvalue weighted by Crippen LogP contribution is -2.47. The number of halogens is 1. The van der Waals surface area contributed by atoms with E-state index in [0.717, 1.165) is 6.42 Å². The maximum atomic E-state index is 11.7. The van der Waals surface area contributed by atoms with Crippen molar-refractivity contribution in [2.75, 3.05) is 13.1 Å². The highest BCUT2D eigenvalue weighted by atomic mass is 35.5. The molecule has 6 heteroatoms. The van der Waals surface area contributed by atoms with E-state index in [4.69, 9.17) is 5.73 Å². The zero-order valence-electron chi connectivity index (χ0n) is 14.3. The van der Waals surface area contributed by atoms with Crippen LogP contribution in [0.5, 0.6) is 0 Å². The number of aryl methyl sites for hydroxylation is 2. The van der Waals surface area contributed by atoms with Crippen LogP contribution in [0.1, 0.15) is 30.5 Å². The summed E-state index contributed by atoms with van der Waals surface area (Å²) in [5.74, 6) is -0.443. The molecular formula is C17H28ClN3O2. The van der Waals surface area contributed by atoms with Crippen LogP contribution in [0.2, 0.25) is 0 Å². The predicted molar refractivity (Wildman–Crippen MR) is 95.7 cm³/mol. The Morgan fingerprint density at radius 2 is 1.83 bits per heavy atom. The van der Waals surface area contributed by atoms with Gasteiger partial charge >= 0.3 is 0 Å². The highest BCUT2D eigenvalue weighted by Crippen LogP contribution is 2.10. The van der Waals surface area contributed by atoms with Gasteiger partial charge in [0.25, 0.3) is 0 Å². The number of rotatable bonds is 7. The molecule has 1 rings (SSSR count). The largest absolute Gasteiger partial charge is 0.354 e. The summed E-state index contributed by atoms with van der Waals surface area (Å²) in [4.78, 5) is 23.3. The molecule has 0 aliphatic rings. The van der Waals surface area contributed by atoms with Crippen molar-refractivity contribution in [1.82, 2.24) is 10.6 Å². The molecule has 0 aliphatic carbocycles. The molecule has 0 unspecified atom stereocenters. The molecule has 23 heavy (non-hydrogen) atoms. The topological polar surface area (TPSA) is 84.2 Å². The van der Waals surface area contributed by atoms with Gasteiger partial charge in [-0.15, -0.1) is 12.4 Å². The highest BCUT2D eigenvalue weighted by Gasteiger charge is 2.17. The Morgan fingerprint density at radius 1 is 1.17 bits per heavy atom. The van der Waals surface area contributed by atoms with Gasteiger partial charge in [0.2, 0.25) is 11.8 Å². The standard InChI is InChI=1S/C17H27N3O2.ClH/c1-11(2)16(18)17(22)20-10-15(21)19-8-7-14-6-5-12(3)9-13(14)4;/h5-6,9,11,16H,7-8,10,18H2,1-4H3,(H,19,21)(H,20,22);1H/t16-;/m0./s1. The summed E-state index contributed by atoms with van der Waals surface area (Å²) < 4.78 is 0. The molecule has 0 saturated heterocycles. The van der Waals surface area contributed by atoms with Crippen LogP contribution in [0.4, 0.5) is 0 Å². The first kappa shape index (κ1) is 21.4. The number of hydrogen-bond acceptors (Lipinski definition) is 3. The lowest BCUT2D eigenvalue weighted by Gasteiger charge is -2.15. The van der Waals surface area contributed by atoms with E-state index < -0.39 is 6.04 Å². The third-order valence-electron chi connectivity index (χ3n) is 3.66. The van der Waals surface area contributed by atoms with Gasteiger partial charge in [-0.05, 0) is 37.3 Å². The number of amides is 2. The molecule has 0 saturated carbocycles. The molecule has 0 spiro atoms. The molecule has 4 N–H and O–H groups in total. The Morgan fingerprint density at radius 3 is 2.39 bits per heavy atom. The predicted octanol–water partition coefficient (Wildman–Crippen LogP) is 1.48. The van der Waals surface area contributed by atoms with Gasteiger partial charge in [-0.1, -0.05) is 37.6 Å². The maximum Gasteiger partial charge on any atom is 0.239 e.